The van der Waals surface area contributed by atoms with Crippen molar-refractivity contribution < 1.29 is 28.5 Å². The smallest absolute Gasteiger partial charge is 0.343 e. The van der Waals surface area contributed by atoms with E-state index in [1.807, 2.05) is 30.3 Å². The van der Waals surface area contributed by atoms with Crippen molar-refractivity contribution in [3.05, 3.63) is 60.2 Å². The molecule has 6 nitrogen and oxygen atoms in total. The molecule has 0 radical (unpaired) electrons. The fourth-order valence-corrected chi connectivity index (χ4v) is 1.79. The monoisotopic (exact) mass is 330 g/mol. The predicted molar refractivity (Wildman–Crippen MR) is 85.7 cm³/mol. The highest BCUT2D eigenvalue weighted by Crippen LogP contribution is 2.17. The number of hydrogen-bond acceptors (Lipinski definition) is 6. The molecule has 0 aliphatic carbocycles. The van der Waals surface area contributed by atoms with Gasteiger partial charge in [-0.15, -0.1) is 0 Å². The van der Waals surface area contributed by atoms with E-state index in [1.165, 1.54) is 7.11 Å². The number of rotatable bonds is 8. The van der Waals surface area contributed by atoms with Crippen LogP contribution in [0.5, 0.6) is 11.5 Å². The summed E-state index contributed by atoms with van der Waals surface area (Å²) in [7, 11) is 1.29. The number of methoxy groups -OCH3 is 1. The van der Waals surface area contributed by atoms with Crippen molar-refractivity contribution in [3.63, 3.8) is 0 Å². The minimum atomic E-state index is -0.492. The Morgan fingerprint density at radius 1 is 0.833 bits per heavy atom. The van der Waals surface area contributed by atoms with Gasteiger partial charge in [0.05, 0.1) is 13.7 Å². The van der Waals surface area contributed by atoms with Gasteiger partial charge < -0.3 is 18.9 Å². The molecule has 0 bridgehead atoms. The maximum atomic E-state index is 11.7. The molecule has 0 saturated carbocycles. The van der Waals surface area contributed by atoms with Gasteiger partial charge in [-0.2, -0.15) is 0 Å². The quantitative estimate of drug-likeness (QED) is 0.546. The van der Waals surface area contributed by atoms with Crippen LogP contribution < -0.4 is 9.47 Å². The standard InChI is InChI=1S/C18H18O6/c1-21-17(19)13-23-15-7-9-16(10-8-15)24-18(20)12-22-11-14-5-3-2-4-6-14/h2-10H,11-13H2,1H3. The molecular formula is C18H18O6. The summed E-state index contributed by atoms with van der Waals surface area (Å²) in [6, 6.07) is 15.9. The predicted octanol–water partition coefficient (Wildman–Crippen LogP) is 2.36. The van der Waals surface area contributed by atoms with Crippen LogP contribution in [0, 0.1) is 0 Å². The Morgan fingerprint density at radius 2 is 1.50 bits per heavy atom. The molecule has 0 aromatic heterocycles. The van der Waals surface area contributed by atoms with E-state index in [9.17, 15) is 9.59 Å². The first-order chi connectivity index (χ1) is 11.7. The number of esters is 2. The molecular weight excluding hydrogens is 312 g/mol. The van der Waals surface area contributed by atoms with E-state index in [4.69, 9.17) is 14.2 Å². The summed E-state index contributed by atoms with van der Waals surface area (Å²) in [5.41, 5.74) is 0.984. The number of hydrogen-bond donors (Lipinski definition) is 0. The van der Waals surface area contributed by atoms with Crippen molar-refractivity contribution in [2.24, 2.45) is 0 Å². The van der Waals surface area contributed by atoms with Crippen molar-refractivity contribution in [3.8, 4) is 11.5 Å². The van der Waals surface area contributed by atoms with Gasteiger partial charge in [0.25, 0.3) is 0 Å². The average molecular weight is 330 g/mol. The Hall–Kier alpha value is -2.86. The van der Waals surface area contributed by atoms with Gasteiger partial charge in [-0.05, 0) is 29.8 Å². The van der Waals surface area contributed by atoms with Crippen molar-refractivity contribution in [1.29, 1.82) is 0 Å². The molecule has 24 heavy (non-hydrogen) atoms. The fraction of sp³-hybridized carbons (Fsp3) is 0.222. The maximum Gasteiger partial charge on any atom is 0.343 e. The van der Waals surface area contributed by atoms with E-state index >= 15 is 0 Å². The Morgan fingerprint density at radius 3 is 2.17 bits per heavy atom. The lowest BCUT2D eigenvalue weighted by atomic mass is 10.2. The van der Waals surface area contributed by atoms with E-state index < -0.39 is 11.9 Å². The van der Waals surface area contributed by atoms with E-state index in [-0.39, 0.29) is 13.2 Å². The van der Waals surface area contributed by atoms with Crippen LogP contribution in [0.4, 0.5) is 0 Å². The van der Waals surface area contributed by atoms with Crippen molar-refractivity contribution in [2.75, 3.05) is 20.3 Å². The van der Waals surface area contributed by atoms with Gasteiger partial charge >= 0.3 is 11.9 Å². The Kier molecular flexibility index (Phi) is 6.79. The molecule has 2 aromatic rings. The number of ether oxygens (including phenoxy) is 4. The SMILES string of the molecule is COC(=O)COc1ccc(OC(=O)COCc2ccccc2)cc1. The molecule has 0 unspecified atom stereocenters. The number of benzene rings is 2. The van der Waals surface area contributed by atoms with E-state index in [2.05, 4.69) is 4.74 Å². The van der Waals surface area contributed by atoms with Crippen LogP contribution in [0.2, 0.25) is 0 Å². The first-order valence-electron chi connectivity index (χ1n) is 7.29. The van der Waals surface area contributed by atoms with Crippen LogP contribution in [-0.2, 0) is 25.7 Å². The lowest BCUT2D eigenvalue weighted by Crippen LogP contribution is -2.15. The molecule has 0 heterocycles. The van der Waals surface area contributed by atoms with Crippen LogP contribution in [0.25, 0.3) is 0 Å². The zero-order chi connectivity index (χ0) is 17.2. The second kappa shape index (κ2) is 9.32. The molecule has 6 heteroatoms. The number of carbonyl (C=O) groups excluding carboxylic acids is 2. The largest absolute Gasteiger partial charge is 0.482 e. The van der Waals surface area contributed by atoms with Crippen molar-refractivity contribution in [2.45, 2.75) is 6.61 Å². The average Bonchev–Trinajstić information content (AvgIpc) is 2.61. The first-order valence-corrected chi connectivity index (χ1v) is 7.29. The van der Waals surface area contributed by atoms with E-state index in [0.29, 0.717) is 18.1 Å². The normalized spacial score (nSPS) is 10.0. The summed E-state index contributed by atoms with van der Waals surface area (Å²) in [5.74, 6) is -0.121. The van der Waals surface area contributed by atoms with Crippen LogP contribution in [0.1, 0.15) is 5.56 Å². The van der Waals surface area contributed by atoms with Gasteiger partial charge in [0, 0.05) is 0 Å². The van der Waals surface area contributed by atoms with Gasteiger partial charge in [0.1, 0.15) is 18.1 Å². The van der Waals surface area contributed by atoms with E-state index in [1.54, 1.807) is 24.3 Å². The van der Waals surface area contributed by atoms with Gasteiger partial charge in [-0.25, -0.2) is 9.59 Å². The lowest BCUT2D eigenvalue weighted by molar-refractivity contribution is -0.143. The molecule has 0 spiro atoms. The third-order valence-electron chi connectivity index (χ3n) is 2.97. The molecule has 0 atom stereocenters. The zero-order valence-electron chi connectivity index (χ0n) is 13.3. The first kappa shape index (κ1) is 17.5. The van der Waals surface area contributed by atoms with Gasteiger partial charge in [-0.1, -0.05) is 30.3 Å². The topological polar surface area (TPSA) is 71.1 Å². The second-order valence-electron chi connectivity index (χ2n) is 4.79. The summed E-state index contributed by atoms with van der Waals surface area (Å²) in [6.07, 6.45) is 0. The Labute approximate surface area is 139 Å². The van der Waals surface area contributed by atoms with E-state index in [0.717, 1.165) is 5.56 Å². The summed E-state index contributed by atoms with van der Waals surface area (Å²) in [4.78, 5) is 22.7. The summed E-state index contributed by atoms with van der Waals surface area (Å²) >= 11 is 0. The minimum Gasteiger partial charge on any atom is -0.482 e. The highest BCUT2D eigenvalue weighted by Gasteiger charge is 2.06. The second-order valence-corrected chi connectivity index (χ2v) is 4.79. The molecule has 0 saturated heterocycles. The minimum absolute atomic E-state index is 0.143. The third kappa shape index (κ3) is 6.10. The van der Waals surface area contributed by atoms with Gasteiger partial charge in [0.15, 0.2) is 6.61 Å². The van der Waals surface area contributed by atoms with Gasteiger partial charge in [0.2, 0.25) is 0 Å². The molecule has 0 N–H and O–H groups in total. The molecule has 0 aliphatic rings. The molecule has 0 amide bonds. The highest BCUT2D eigenvalue weighted by atomic mass is 16.6. The number of carbonyl (C=O) groups is 2. The zero-order valence-corrected chi connectivity index (χ0v) is 13.3. The Balaban J connectivity index is 1.72. The summed E-state index contributed by atoms with van der Waals surface area (Å²) in [6.45, 7) is 0.0225. The molecule has 2 aromatic carbocycles. The fourth-order valence-electron chi connectivity index (χ4n) is 1.79. The van der Waals surface area contributed by atoms with Crippen LogP contribution in [-0.4, -0.2) is 32.3 Å². The lowest BCUT2D eigenvalue weighted by Gasteiger charge is -2.07. The molecule has 126 valence electrons. The van der Waals surface area contributed by atoms with Crippen molar-refractivity contribution >= 4 is 11.9 Å². The van der Waals surface area contributed by atoms with Crippen LogP contribution in [0.3, 0.4) is 0 Å². The molecule has 2 rings (SSSR count). The third-order valence-corrected chi connectivity index (χ3v) is 2.97. The van der Waals surface area contributed by atoms with Crippen LogP contribution in [0.15, 0.2) is 54.6 Å². The molecule has 0 aliphatic heterocycles. The summed E-state index contributed by atoms with van der Waals surface area (Å²) < 4.78 is 20.1. The van der Waals surface area contributed by atoms with Crippen LogP contribution >= 0.6 is 0 Å². The maximum absolute atomic E-state index is 11.7. The van der Waals surface area contributed by atoms with Crippen molar-refractivity contribution in [1.82, 2.24) is 0 Å². The molecule has 0 fully saturated rings. The Bertz CT molecular complexity index is 651. The summed E-state index contributed by atoms with van der Waals surface area (Å²) in [5, 5.41) is 0. The highest BCUT2D eigenvalue weighted by molar-refractivity contribution is 5.73. The van der Waals surface area contributed by atoms with Gasteiger partial charge in [-0.3, -0.25) is 0 Å².